The van der Waals surface area contributed by atoms with Crippen molar-refractivity contribution in [2.45, 2.75) is 0 Å². The van der Waals surface area contributed by atoms with Crippen LogP contribution in [-0.4, -0.2) is 12.6 Å². The van der Waals surface area contributed by atoms with E-state index in [0.29, 0.717) is 6.54 Å². The number of hydrogen-bond acceptors (Lipinski definition) is 2. The lowest BCUT2D eigenvalue weighted by Crippen LogP contribution is -1.72. The van der Waals surface area contributed by atoms with Crippen LogP contribution in [-0.2, 0) is 0 Å². The molecule has 0 atom stereocenters. The van der Waals surface area contributed by atoms with Gasteiger partial charge in [-0.25, -0.2) is 4.99 Å². The van der Waals surface area contributed by atoms with E-state index in [0.717, 1.165) is 0 Å². The third-order valence-electron chi connectivity index (χ3n) is 0.414. The van der Waals surface area contributed by atoms with Crippen LogP contribution in [0.4, 0.5) is 0 Å². The van der Waals surface area contributed by atoms with Crippen LogP contribution < -0.4 is 0 Å². The quantitative estimate of drug-likeness (QED) is 0.368. The Hall–Kier alpha value is -1.06. The molecule has 0 aromatic carbocycles. The Bertz CT molecular complexity index is 152. The van der Waals surface area contributed by atoms with E-state index >= 15 is 0 Å². The molecule has 0 aromatic heterocycles. The monoisotopic (exact) mass is 78.0 g/mol. The molecule has 6 heavy (non-hydrogen) atoms. The highest BCUT2D eigenvalue weighted by Gasteiger charge is 1.68. The average molecular weight is 78.1 g/mol. The molecule has 0 saturated carbocycles. The summed E-state index contributed by atoms with van der Waals surface area (Å²) in [6, 6.07) is 4.82. The first-order valence-electron chi connectivity index (χ1n) is 1.59. The van der Waals surface area contributed by atoms with Crippen molar-refractivity contribution in [3.05, 3.63) is 0 Å². The lowest BCUT2D eigenvalue weighted by molar-refractivity contribution is 1.28. The van der Waals surface area contributed by atoms with Gasteiger partial charge in [0.05, 0.1) is 0 Å². The van der Waals surface area contributed by atoms with Gasteiger partial charge in [0.15, 0.2) is 0 Å². The van der Waals surface area contributed by atoms with E-state index in [1.165, 1.54) is 0 Å². The maximum absolute atomic E-state index is 3.59. The summed E-state index contributed by atoms with van der Waals surface area (Å²) in [5.41, 5.74) is 0. The maximum atomic E-state index is 3.59. The number of rotatable bonds is 0. The van der Waals surface area contributed by atoms with Gasteiger partial charge in [-0.1, -0.05) is 5.92 Å². The molecule has 0 unspecified atom stereocenters. The summed E-state index contributed by atoms with van der Waals surface area (Å²) >= 11 is 0. The zero-order chi connectivity index (χ0) is 4.24. The molecule has 2 nitrogen and oxygen atoms in total. The van der Waals surface area contributed by atoms with Crippen LogP contribution in [0, 0.1) is 12.0 Å². The molecule has 1 rings (SSSR count). The summed E-state index contributed by atoms with van der Waals surface area (Å²) in [6.07, 6.45) is 0. The third-order valence-corrected chi connectivity index (χ3v) is 0.414. The second-order valence-corrected chi connectivity index (χ2v) is 0.817. The molecule has 0 amide bonds. The largest absolute Gasteiger partial charge is 0.212 e. The van der Waals surface area contributed by atoms with Gasteiger partial charge in [0.1, 0.15) is 12.6 Å². The van der Waals surface area contributed by atoms with E-state index in [1.54, 1.807) is 0 Å². The second-order valence-electron chi connectivity index (χ2n) is 0.817. The summed E-state index contributed by atoms with van der Waals surface area (Å²) in [4.78, 5) is 6.99. The van der Waals surface area contributed by atoms with Gasteiger partial charge in [-0.05, 0) is 0 Å². The highest BCUT2D eigenvalue weighted by molar-refractivity contribution is 5.46. The summed E-state index contributed by atoms with van der Waals surface area (Å²) in [6.45, 7) is 0.559. The highest BCUT2D eigenvalue weighted by atomic mass is 14.8. The van der Waals surface area contributed by atoms with Crippen molar-refractivity contribution in [3.63, 3.8) is 0 Å². The van der Waals surface area contributed by atoms with E-state index in [-0.39, 0.29) is 0 Å². The number of hydrogen-bond donors (Lipinski definition) is 0. The Morgan fingerprint density at radius 2 is 2.50 bits per heavy atom. The van der Waals surface area contributed by atoms with Gasteiger partial charge >= 0.3 is 0 Å². The Labute approximate surface area is 35.6 Å². The first kappa shape index (κ1) is 3.14. The predicted octanol–water partition coefficient (Wildman–Crippen LogP) is 0.135. The van der Waals surface area contributed by atoms with Gasteiger partial charge in [-0.3, -0.25) is 0 Å². The SMILES string of the molecule is C1=NC#CCN=1. The molecule has 0 N–H and O–H groups in total. The lowest BCUT2D eigenvalue weighted by Gasteiger charge is -1.71. The first-order chi connectivity index (χ1) is 3.00. The van der Waals surface area contributed by atoms with Gasteiger partial charge in [-0.15, -0.1) is 4.99 Å². The molecule has 0 radical (unpaired) electrons. The highest BCUT2D eigenvalue weighted by Crippen LogP contribution is 1.68. The Kier molecular flexibility index (Phi) is 0.731. The van der Waals surface area contributed by atoms with Gasteiger partial charge in [0.2, 0.25) is 0 Å². The van der Waals surface area contributed by atoms with Crippen molar-refractivity contribution < 1.29 is 0 Å². The molecule has 0 spiro atoms. The molecule has 1 aliphatic rings. The maximum Gasteiger partial charge on any atom is 0.113 e. The molecule has 1 heterocycles. The summed E-state index contributed by atoms with van der Waals surface area (Å²) in [5.74, 6) is 2.64. The van der Waals surface area contributed by atoms with Crippen LogP contribution in [0.25, 0.3) is 0 Å². The van der Waals surface area contributed by atoms with E-state index in [1.807, 2.05) is 0 Å². The molecule has 0 fully saturated rings. The van der Waals surface area contributed by atoms with Crippen LogP contribution in [0.15, 0.2) is 9.98 Å². The number of aliphatic imine (C=N–C) groups is 2. The minimum absolute atomic E-state index is 0.559. The van der Waals surface area contributed by atoms with Crippen LogP contribution in [0.3, 0.4) is 0 Å². The molecule has 28 valence electrons. The van der Waals surface area contributed by atoms with Crippen LogP contribution >= 0.6 is 0 Å². The van der Waals surface area contributed by atoms with Crippen molar-refractivity contribution in [3.8, 4) is 12.0 Å². The van der Waals surface area contributed by atoms with Crippen molar-refractivity contribution in [2.24, 2.45) is 9.98 Å². The summed E-state index contributed by atoms with van der Waals surface area (Å²) in [5, 5.41) is 0. The van der Waals surface area contributed by atoms with Crippen LogP contribution in [0.1, 0.15) is 0 Å². The van der Waals surface area contributed by atoms with Gasteiger partial charge in [0.25, 0.3) is 0 Å². The summed E-state index contributed by atoms with van der Waals surface area (Å²) in [7, 11) is 0. The minimum atomic E-state index is 0.559. The fourth-order valence-electron chi connectivity index (χ4n) is 0.210. The lowest BCUT2D eigenvalue weighted by atomic mass is 10.7. The van der Waals surface area contributed by atoms with Gasteiger partial charge < -0.3 is 0 Å². The minimum Gasteiger partial charge on any atom is -0.212 e. The molecule has 1 aliphatic heterocycles. The smallest absolute Gasteiger partial charge is 0.113 e. The van der Waals surface area contributed by atoms with Crippen LogP contribution in [0.2, 0.25) is 0 Å². The fourth-order valence-corrected chi connectivity index (χ4v) is 0.210. The molecule has 0 aliphatic carbocycles. The Balaban J connectivity index is 2.88. The average Bonchev–Trinajstić information content (AvgIpc) is 1.72. The Morgan fingerprint density at radius 3 is 2.67 bits per heavy atom. The van der Waals surface area contributed by atoms with Gasteiger partial charge in [0, 0.05) is 6.04 Å². The van der Waals surface area contributed by atoms with E-state index in [9.17, 15) is 0 Å². The zero-order valence-corrected chi connectivity index (χ0v) is 3.10. The molecular formula is C4H2N2. The third kappa shape index (κ3) is 0.453. The molecule has 2 heteroatoms. The van der Waals surface area contributed by atoms with E-state index < -0.39 is 0 Å². The van der Waals surface area contributed by atoms with Crippen LogP contribution in [0.5, 0.6) is 0 Å². The summed E-state index contributed by atoms with van der Waals surface area (Å²) < 4.78 is 0. The Morgan fingerprint density at radius 1 is 1.50 bits per heavy atom. The molecule has 0 bridgehead atoms. The zero-order valence-electron chi connectivity index (χ0n) is 3.10. The molecule has 0 saturated heterocycles. The molecular weight excluding hydrogens is 76.1 g/mol. The topological polar surface area (TPSA) is 24.7 Å². The normalized spacial score (nSPS) is 13.3. The standard InChI is InChI=1S/C4H2N2/c1-2-5-4-6-3-1/h2H2. The van der Waals surface area contributed by atoms with Crippen molar-refractivity contribution in [2.75, 3.05) is 6.54 Å². The van der Waals surface area contributed by atoms with Crippen molar-refractivity contribution >= 4 is 6.01 Å². The van der Waals surface area contributed by atoms with E-state index in [2.05, 4.69) is 28.0 Å². The van der Waals surface area contributed by atoms with Crippen molar-refractivity contribution in [1.29, 1.82) is 0 Å². The second kappa shape index (κ2) is 1.40. The van der Waals surface area contributed by atoms with E-state index in [4.69, 9.17) is 0 Å². The number of nitrogens with zero attached hydrogens (tertiary/aromatic N) is 2. The fraction of sp³-hybridized carbons (Fsp3) is 0.250. The first-order valence-corrected chi connectivity index (χ1v) is 1.59. The predicted molar refractivity (Wildman–Crippen MR) is 22.5 cm³/mol. The van der Waals surface area contributed by atoms with Gasteiger partial charge in [-0.2, -0.15) is 0 Å². The molecule has 0 aromatic rings. The van der Waals surface area contributed by atoms with Crippen molar-refractivity contribution in [1.82, 2.24) is 0 Å².